The summed E-state index contributed by atoms with van der Waals surface area (Å²) in [4.78, 5) is 11.0. The summed E-state index contributed by atoms with van der Waals surface area (Å²) in [5.41, 5.74) is 1.01. The van der Waals surface area contributed by atoms with Gasteiger partial charge in [0.2, 0.25) is 0 Å². The van der Waals surface area contributed by atoms with Gasteiger partial charge in [0.15, 0.2) is 0 Å². The highest BCUT2D eigenvalue weighted by Crippen LogP contribution is 1.98. The molecule has 0 aliphatic carbocycles. The van der Waals surface area contributed by atoms with Crippen LogP contribution in [0, 0.1) is 0 Å². The van der Waals surface area contributed by atoms with Crippen LogP contribution in [0.1, 0.15) is 27.7 Å². The number of nitrogens with two attached hydrogens (primary N) is 1. The number of allylic oxidation sites excluding steroid dienone is 2. The fourth-order valence-electron chi connectivity index (χ4n) is 0.866. The Morgan fingerprint density at radius 1 is 1.40 bits per heavy atom. The summed E-state index contributed by atoms with van der Waals surface area (Å²) in [7, 11) is 1.55. The van der Waals surface area contributed by atoms with E-state index < -0.39 is 0 Å². The van der Waals surface area contributed by atoms with E-state index in [1.54, 1.807) is 7.05 Å². The predicted octanol–water partition coefficient (Wildman–Crippen LogP) is 2.05. The van der Waals surface area contributed by atoms with Gasteiger partial charge in [-0.15, -0.1) is 0 Å². The van der Waals surface area contributed by atoms with E-state index in [0.717, 1.165) is 10.6 Å². The van der Waals surface area contributed by atoms with E-state index in [-0.39, 0.29) is 6.03 Å². The number of hydrogen-bond acceptors (Lipinski definition) is 2. The minimum absolute atomic E-state index is 0.288. The Kier molecular flexibility index (Phi) is 11.6. The van der Waals surface area contributed by atoms with E-state index in [1.165, 1.54) is 0 Å². The average Bonchev–Trinajstić information content (AvgIpc) is 2.29. The summed E-state index contributed by atoms with van der Waals surface area (Å²) in [5, 5.41) is 3.58. The third kappa shape index (κ3) is 7.76. The number of hydrogen-bond donors (Lipinski definition) is 2. The van der Waals surface area contributed by atoms with Crippen LogP contribution in [-0.4, -0.2) is 24.6 Å². The molecule has 4 heteroatoms. The SMILES string of the molecule is C/C=C\C(=C/C)CN(N)C(=O)NC.CC. The zero-order chi connectivity index (χ0) is 12.3. The average molecular weight is 213 g/mol. The molecule has 4 nitrogen and oxygen atoms in total. The highest BCUT2D eigenvalue weighted by molar-refractivity contribution is 5.73. The molecule has 2 amide bonds. The second-order valence-corrected chi connectivity index (χ2v) is 2.55. The van der Waals surface area contributed by atoms with Gasteiger partial charge < -0.3 is 5.32 Å². The standard InChI is InChI=1S/C9H17N3O.C2H6/c1-4-6-8(5-2)7-12(10)9(13)11-3;1-2/h4-6H,7,10H2,1-3H3,(H,11,13);1-2H3/b6-4-,8-5+;. The van der Waals surface area contributed by atoms with Crippen molar-refractivity contribution in [2.45, 2.75) is 27.7 Å². The third-order valence-electron chi connectivity index (χ3n) is 1.58. The zero-order valence-corrected chi connectivity index (χ0v) is 10.4. The van der Waals surface area contributed by atoms with Crippen molar-refractivity contribution in [2.75, 3.05) is 13.6 Å². The maximum Gasteiger partial charge on any atom is 0.331 e. The fourth-order valence-corrected chi connectivity index (χ4v) is 0.866. The number of carbonyl (C=O) groups is 1. The molecule has 0 atom stereocenters. The summed E-state index contributed by atoms with van der Waals surface area (Å²) in [6.45, 7) is 8.25. The van der Waals surface area contributed by atoms with Gasteiger partial charge in [-0.2, -0.15) is 0 Å². The monoisotopic (exact) mass is 213 g/mol. The smallest absolute Gasteiger partial charge is 0.331 e. The van der Waals surface area contributed by atoms with Crippen molar-refractivity contribution in [1.29, 1.82) is 0 Å². The fraction of sp³-hybridized carbons (Fsp3) is 0.545. The maximum absolute atomic E-state index is 11.0. The lowest BCUT2D eigenvalue weighted by Gasteiger charge is -2.16. The Morgan fingerprint density at radius 2 is 1.93 bits per heavy atom. The van der Waals surface area contributed by atoms with Gasteiger partial charge in [-0.1, -0.05) is 32.1 Å². The van der Waals surface area contributed by atoms with Gasteiger partial charge in [0.25, 0.3) is 0 Å². The van der Waals surface area contributed by atoms with Crippen LogP contribution in [0.15, 0.2) is 23.8 Å². The van der Waals surface area contributed by atoms with E-state index in [0.29, 0.717) is 6.54 Å². The summed E-state index contributed by atoms with van der Waals surface area (Å²) >= 11 is 0. The Hall–Kier alpha value is -1.29. The molecule has 0 aliphatic heterocycles. The molecule has 0 aromatic rings. The molecular weight excluding hydrogens is 190 g/mol. The molecular formula is C11H23N3O. The van der Waals surface area contributed by atoms with E-state index in [2.05, 4.69) is 5.32 Å². The molecule has 0 saturated carbocycles. The van der Waals surface area contributed by atoms with Crippen molar-refractivity contribution >= 4 is 6.03 Å². The number of urea groups is 1. The predicted molar refractivity (Wildman–Crippen MR) is 65.3 cm³/mol. The second-order valence-electron chi connectivity index (χ2n) is 2.55. The minimum Gasteiger partial charge on any atom is -0.340 e. The van der Waals surface area contributed by atoms with Gasteiger partial charge >= 0.3 is 6.03 Å². The first-order valence-electron chi connectivity index (χ1n) is 5.17. The third-order valence-corrected chi connectivity index (χ3v) is 1.58. The Balaban J connectivity index is 0. The second kappa shape index (κ2) is 10.8. The van der Waals surface area contributed by atoms with Gasteiger partial charge in [-0.25, -0.2) is 10.6 Å². The van der Waals surface area contributed by atoms with Gasteiger partial charge in [-0.05, 0) is 19.4 Å². The Morgan fingerprint density at radius 3 is 2.27 bits per heavy atom. The van der Waals surface area contributed by atoms with E-state index in [1.807, 2.05) is 45.9 Å². The highest BCUT2D eigenvalue weighted by Gasteiger charge is 2.06. The molecule has 15 heavy (non-hydrogen) atoms. The summed E-state index contributed by atoms with van der Waals surface area (Å²) in [6, 6.07) is -0.288. The molecule has 0 aliphatic rings. The number of nitrogens with zero attached hydrogens (tertiary/aromatic N) is 1. The van der Waals surface area contributed by atoms with Crippen molar-refractivity contribution in [1.82, 2.24) is 10.3 Å². The largest absolute Gasteiger partial charge is 0.340 e. The van der Waals surface area contributed by atoms with Crippen LogP contribution in [0.25, 0.3) is 0 Å². The van der Waals surface area contributed by atoms with Crippen LogP contribution >= 0.6 is 0 Å². The van der Waals surface area contributed by atoms with Gasteiger partial charge in [0, 0.05) is 7.05 Å². The van der Waals surface area contributed by atoms with Crippen LogP contribution in [0.4, 0.5) is 4.79 Å². The maximum atomic E-state index is 11.0. The molecule has 0 radical (unpaired) electrons. The number of carbonyl (C=O) groups excluding carboxylic acids is 1. The first-order chi connectivity index (χ1) is 7.15. The molecule has 0 bridgehead atoms. The number of rotatable bonds is 3. The highest BCUT2D eigenvalue weighted by atomic mass is 16.2. The van der Waals surface area contributed by atoms with Crippen molar-refractivity contribution in [3.05, 3.63) is 23.8 Å². The minimum atomic E-state index is -0.288. The van der Waals surface area contributed by atoms with Gasteiger partial charge in [-0.3, -0.25) is 5.01 Å². The van der Waals surface area contributed by atoms with E-state index in [4.69, 9.17) is 5.84 Å². The van der Waals surface area contributed by atoms with Crippen LogP contribution < -0.4 is 11.2 Å². The van der Waals surface area contributed by atoms with Crippen LogP contribution in [0.3, 0.4) is 0 Å². The lowest BCUT2D eigenvalue weighted by Crippen LogP contribution is -2.44. The zero-order valence-electron chi connectivity index (χ0n) is 10.4. The molecule has 3 N–H and O–H groups in total. The summed E-state index contributed by atoms with van der Waals surface area (Å²) < 4.78 is 0. The molecule has 0 rings (SSSR count). The molecule has 0 fully saturated rings. The molecule has 0 spiro atoms. The van der Waals surface area contributed by atoms with E-state index in [9.17, 15) is 4.79 Å². The molecule has 0 aromatic carbocycles. The van der Waals surface area contributed by atoms with Crippen molar-refractivity contribution in [3.63, 3.8) is 0 Å². The summed E-state index contributed by atoms with van der Waals surface area (Å²) in [6.07, 6.45) is 5.75. The van der Waals surface area contributed by atoms with Crippen molar-refractivity contribution < 1.29 is 4.79 Å². The quantitative estimate of drug-likeness (QED) is 0.326. The topological polar surface area (TPSA) is 58.4 Å². The molecule has 0 unspecified atom stereocenters. The van der Waals surface area contributed by atoms with Gasteiger partial charge in [0.1, 0.15) is 0 Å². The van der Waals surface area contributed by atoms with Crippen LogP contribution in [0.2, 0.25) is 0 Å². The lowest BCUT2D eigenvalue weighted by atomic mass is 10.2. The molecule has 88 valence electrons. The molecule has 0 heterocycles. The number of hydrazine groups is 1. The first kappa shape index (κ1) is 16.2. The van der Waals surface area contributed by atoms with E-state index >= 15 is 0 Å². The van der Waals surface area contributed by atoms with Crippen molar-refractivity contribution in [2.24, 2.45) is 5.84 Å². The normalized spacial score (nSPS) is 10.7. The number of nitrogens with one attached hydrogen (secondary N) is 1. The summed E-state index contributed by atoms with van der Waals surface area (Å²) in [5.74, 6) is 5.48. The van der Waals surface area contributed by atoms with Crippen LogP contribution in [-0.2, 0) is 0 Å². The Bertz CT molecular complexity index is 222. The van der Waals surface area contributed by atoms with Crippen molar-refractivity contribution in [3.8, 4) is 0 Å². The van der Waals surface area contributed by atoms with Gasteiger partial charge in [0.05, 0.1) is 6.54 Å². The molecule has 0 saturated heterocycles. The molecule has 0 aromatic heterocycles. The van der Waals surface area contributed by atoms with Crippen LogP contribution in [0.5, 0.6) is 0 Å². The Labute approximate surface area is 92.8 Å². The first-order valence-corrected chi connectivity index (χ1v) is 5.17. The lowest BCUT2D eigenvalue weighted by molar-refractivity contribution is 0.206. The number of amides is 2.